The van der Waals surface area contributed by atoms with E-state index in [1.165, 1.54) is 0 Å². The second-order valence-electron chi connectivity index (χ2n) is 9.33. The summed E-state index contributed by atoms with van der Waals surface area (Å²) in [6.45, 7) is 15.4. The number of carbonyl (C=O) groups excluding carboxylic acids is 1. The summed E-state index contributed by atoms with van der Waals surface area (Å²) >= 11 is 0. The third kappa shape index (κ3) is 9.74. The summed E-state index contributed by atoms with van der Waals surface area (Å²) in [6, 6.07) is 0.0776. The van der Waals surface area contributed by atoms with Gasteiger partial charge in [-0.3, -0.25) is 14.8 Å². The number of allylic oxidation sites excluding steroid dienone is 9. The molecule has 0 spiro atoms. The molecule has 4 N–H and O–H groups in total. The number of amides is 1. The van der Waals surface area contributed by atoms with Gasteiger partial charge in [-0.15, -0.1) is 0 Å². The average Bonchev–Trinajstić information content (AvgIpc) is 3.17. The van der Waals surface area contributed by atoms with Gasteiger partial charge in [-0.2, -0.15) is 0 Å². The van der Waals surface area contributed by atoms with E-state index in [9.17, 15) is 4.79 Å². The van der Waals surface area contributed by atoms with Gasteiger partial charge in [-0.05, 0) is 71.2 Å². The van der Waals surface area contributed by atoms with Crippen LogP contribution in [-0.2, 0) is 9.53 Å². The molecule has 1 heterocycles. The lowest BCUT2D eigenvalue weighted by Crippen LogP contribution is -2.33. The first kappa shape index (κ1) is 30.7. The number of nitrogens with one attached hydrogen (secondary N) is 2. The molecule has 2 atom stereocenters. The lowest BCUT2D eigenvalue weighted by molar-refractivity contribution is -0.118. The summed E-state index contributed by atoms with van der Waals surface area (Å²) in [5.74, 6) is 2.23. The normalized spacial score (nSPS) is 19.7. The molecule has 1 amide bonds. The molecule has 38 heavy (non-hydrogen) atoms. The topological polar surface area (TPSA) is 113 Å². The van der Waals surface area contributed by atoms with Crippen molar-refractivity contribution in [3.63, 3.8) is 0 Å². The number of aliphatic imine (C=N–C) groups is 3. The van der Waals surface area contributed by atoms with E-state index in [0.29, 0.717) is 49.6 Å². The van der Waals surface area contributed by atoms with Gasteiger partial charge in [0.15, 0.2) is 0 Å². The second kappa shape index (κ2) is 16.3. The lowest BCUT2D eigenvalue weighted by Gasteiger charge is -2.19. The first-order valence-electron chi connectivity index (χ1n) is 13.5. The Morgan fingerprint density at radius 1 is 1.37 bits per heavy atom. The number of nitrogens with two attached hydrogens (primary N) is 1. The van der Waals surface area contributed by atoms with Gasteiger partial charge in [0, 0.05) is 47.3 Å². The van der Waals surface area contributed by atoms with Gasteiger partial charge in [-0.25, -0.2) is 4.99 Å². The molecule has 0 aromatic rings. The Kier molecular flexibility index (Phi) is 13.2. The van der Waals surface area contributed by atoms with Crippen LogP contribution in [0.2, 0.25) is 0 Å². The molecule has 2 unspecified atom stereocenters. The Balaban J connectivity index is 2.31. The van der Waals surface area contributed by atoms with Gasteiger partial charge in [-0.1, -0.05) is 32.6 Å². The number of hydrogen-bond donors (Lipinski definition) is 3. The Hall–Kier alpha value is -3.52. The van der Waals surface area contributed by atoms with E-state index in [-0.39, 0.29) is 17.9 Å². The maximum Gasteiger partial charge on any atom is 0.247 e. The van der Waals surface area contributed by atoms with Crippen molar-refractivity contribution in [2.75, 3.05) is 19.6 Å². The molecule has 1 aliphatic heterocycles. The first-order chi connectivity index (χ1) is 18.3. The van der Waals surface area contributed by atoms with Gasteiger partial charge < -0.3 is 21.1 Å². The molecule has 8 heteroatoms. The minimum Gasteiger partial charge on any atom is -0.460 e. The van der Waals surface area contributed by atoms with Crippen molar-refractivity contribution in [2.45, 2.75) is 66.3 Å². The Morgan fingerprint density at radius 3 is 2.84 bits per heavy atom. The monoisotopic (exact) mass is 520 g/mol. The number of rotatable bonds is 13. The largest absolute Gasteiger partial charge is 0.460 e. The highest BCUT2D eigenvalue weighted by molar-refractivity contribution is 6.05. The maximum absolute atomic E-state index is 13.0. The molecule has 0 saturated carbocycles. The minimum atomic E-state index is -0.110. The quantitative estimate of drug-likeness (QED) is 0.139. The molecule has 0 saturated heterocycles. The van der Waals surface area contributed by atoms with Crippen molar-refractivity contribution in [2.24, 2.45) is 26.6 Å². The van der Waals surface area contributed by atoms with Crippen LogP contribution < -0.4 is 16.4 Å². The van der Waals surface area contributed by atoms with E-state index in [4.69, 9.17) is 10.5 Å². The summed E-state index contributed by atoms with van der Waals surface area (Å²) < 4.78 is 6.18. The van der Waals surface area contributed by atoms with Crippen molar-refractivity contribution < 1.29 is 9.53 Å². The fourth-order valence-electron chi connectivity index (χ4n) is 3.87. The average molecular weight is 521 g/mol. The van der Waals surface area contributed by atoms with Crippen LogP contribution in [0.4, 0.5) is 0 Å². The fourth-order valence-corrected chi connectivity index (χ4v) is 3.87. The molecule has 0 bridgehead atoms. The molecule has 0 fully saturated rings. The molecular formula is C30H44N6O2. The van der Waals surface area contributed by atoms with E-state index in [1.54, 1.807) is 18.5 Å². The van der Waals surface area contributed by atoms with Crippen LogP contribution >= 0.6 is 0 Å². The first-order valence-corrected chi connectivity index (χ1v) is 13.5. The highest BCUT2D eigenvalue weighted by atomic mass is 16.5. The Bertz CT molecular complexity index is 1090. The molecule has 2 aliphatic rings. The molecule has 8 nitrogen and oxygen atoms in total. The smallest absolute Gasteiger partial charge is 0.247 e. The van der Waals surface area contributed by atoms with Crippen LogP contribution in [-0.4, -0.2) is 49.7 Å². The van der Waals surface area contributed by atoms with E-state index >= 15 is 0 Å². The number of nitrogens with zero attached hydrogens (tertiary/aromatic N) is 3. The van der Waals surface area contributed by atoms with Gasteiger partial charge >= 0.3 is 0 Å². The maximum atomic E-state index is 13.0. The summed E-state index contributed by atoms with van der Waals surface area (Å²) in [5.41, 5.74) is 9.10. The molecule has 0 aromatic carbocycles. The third-order valence-corrected chi connectivity index (χ3v) is 6.18. The van der Waals surface area contributed by atoms with E-state index in [2.05, 4.69) is 51.3 Å². The van der Waals surface area contributed by atoms with Crippen molar-refractivity contribution in [1.29, 1.82) is 0 Å². The summed E-state index contributed by atoms with van der Waals surface area (Å²) in [5, 5.41) is 6.58. The van der Waals surface area contributed by atoms with E-state index in [1.807, 2.05) is 39.8 Å². The molecular weight excluding hydrogens is 476 g/mol. The van der Waals surface area contributed by atoms with Gasteiger partial charge in [0.25, 0.3) is 0 Å². The summed E-state index contributed by atoms with van der Waals surface area (Å²) in [4.78, 5) is 26.6. The number of carbonyl (C=O) groups is 1. The molecule has 2 rings (SSSR count). The van der Waals surface area contributed by atoms with Gasteiger partial charge in [0.2, 0.25) is 5.91 Å². The SMILES string of the molecule is C=C/C=C(\C=NCC)OC1=CCC=C(NC2=C(/C=C(\CCN)C(=O)NC(C)CC)C(C)=NCC=N2)CC1C. The minimum absolute atomic E-state index is 0.0776. The van der Waals surface area contributed by atoms with Crippen molar-refractivity contribution in [3.8, 4) is 0 Å². The van der Waals surface area contributed by atoms with Crippen molar-refractivity contribution >= 4 is 24.0 Å². The Labute approximate surface area is 228 Å². The molecule has 1 aliphatic carbocycles. The van der Waals surface area contributed by atoms with Gasteiger partial charge in [0.1, 0.15) is 17.3 Å². The predicted octanol–water partition coefficient (Wildman–Crippen LogP) is 4.90. The van der Waals surface area contributed by atoms with Crippen molar-refractivity contribution in [1.82, 2.24) is 10.6 Å². The van der Waals surface area contributed by atoms with E-state index < -0.39 is 0 Å². The predicted molar refractivity (Wildman–Crippen MR) is 159 cm³/mol. The molecule has 0 radical (unpaired) electrons. The van der Waals surface area contributed by atoms with Crippen LogP contribution in [0.25, 0.3) is 0 Å². The number of hydrogen-bond acceptors (Lipinski definition) is 7. The van der Waals surface area contributed by atoms with Gasteiger partial charge in [0.05, 0.1) is 12.8 Å². The highest BCUT2D eigenvalue weighted by Crippen LogP contribution is 2.27. The molecule has 206 valence electrons. The Morgan fingerprint density at radius 2 is 2.16 bits per heavy atom. The zero-order valence-corrected chi connectivity index (χ0v) is 23.6. The molecule has 0 aromatic heterocycles. The zero-order valence-electron chi connectivity index (χ0n) is 23.6. The highest BCUT2D eigenvalue weighted by Gasteiger charge is 2.20. The fraction of sp³-hybridized carbons (Fsp3) is 0.467. The van der Waals surface area contributed by atoms with Crippen LogP contribution in [0.15, 0.2) is 86.1 Å². The standard InChI is InChI=1S/C30H44N6O2/c1-7-11-26(20-32-9-3)38-28-13-10-12-25(18-21(28)4)36-29-27(23(6)33-16-17-34-29)19-24(14-15-31)30(37)35-22(5)8-2/h7,11-13,17,19-22,36H,1,8-10,14-16,18,31H2,2-6H3,(H,35,37)/b24-19+,26-11+,32-20?. The van der Waals surface area contributed by atoms with Crippen LogP contribution in [0.3, 0.4) is 0 Å². The summed E-state index contributed by atoms with van der Waals surface area (Å²) in [7, 11) is 0. The summed E-state index contributed by atoms with van der Waals surface area (Å²) in [6.07, 6.45) is 15.9. The van der Waals surface area contributed by atoms with Crippen LogP contribution in [0.1, 0.15) is 60.3 Å². The zero-order chi connectivity index (χ0) is 27.9. The lowest BCUT2D eigenvalue weighted by atomic mass is 10.0. The second-order valence-corrected chi connectivity index (χ2v) is 9.33. The number of ether oxygens (including phenoxy) is 1. The van der Waals surface area contributed by atoms with Crippen LogP contribution in [0.5, 0.6) is 0 Å². The van der Waals surface area contributed by atoms with Crippen molar-refractivity contribution in [3.05, 3.63) is 71.1 Å². The van der Waals surface area contributed by atoms with Crippen LogP contribution in [0, 0.1) is 5.92 Å². The van der Waals surface area contributed by atoms with E-state index in [0.717, 1.165) is 35.6 Å². The third-order valence-electron chi connectivity index (χ3n) is 6.18.